The van der Waals surface area contributed by atoms with Gasteiger partial charge in [-0.2, -0.15) is 0 Å². The Balaban J connectivity index is 1.46. The maximum atomic E-state index is 11.7. The van der Waals surface area contributed by atoms with Crippen LogP contribution in [0.3, 0.4) is 0 Å². The summed E-state index contributed by atoms with van der Waals surface area (Å²) >= 11 is 0. The maximum Gasteiger partial charge on any atom is 0.217 e. The second-order valence-corrected chi connectivity index (χ2v) is 9.62. The van der Waals surface area contributed by atoms with Gasteiger partial charge in [-0.1, -0.05) is 0 Å². The second kappa shape index (κ2) is 6.81. The molecule has 2 saturated heterocycles. The standard InChI is InChI=1S/C18H26N4O3S/c1-3-22-18(19-17(20-22)16-5-4-13(2)25-16)14-6-9-21(10-7-14)15-8-11-26(23,24)12-15/h4-5,14-15H,3,6-12H2,1-2H3/t15-/m1/s1. The lowest BCUT2D eigenvalue weighted by Crippen LogP contribution is -2.42. The molecular weight excluding hydrogens is 352 g/mol. The molecule has 0 unspecified atom stereocenters. The zero-order valence-corrected chi connectivity index (χ0v) is 16.2. The highest BCUT2D eigenvalue weighted by Gasteiger charge is 2.35. The molecule has 0 aliphatic carbocycles. The third kappa shape index (κ3) is 3.44. The first-order chi connectivity index (χ1) is 12.4. The van der Waals surface area contributed by atoms with Gasteiger partial charge in [-0.05, 0) is 58.3 Å². The van der Waals surface area contributed by atoms with E-state index in [-0.39, 0.29) is 6.04 Å². The van der Waals surface area contributed by atoms with E-state index in [9.17, 15) is 8.42 Å². The molecule has 4 heterocycles. The van der Waals surface area contributed by atoms with Crippen molar-refractivity contribution >= 4 is 9.84 Å². The van der Waals surface area contributed by atoms with Gasteiger partial charge < -0.3 is 4.42 Å². The Morgan fingerprint density at radius 3 is 2.58 bits per heavy atom. The lowest BCUT2D eigenvalue weighted by molar-refractivity contribution is 0.161. The number of likely N-dealkylation sites (tertiary alicyclic amines) is 1. The topological polar surface area (TPSA) is 81.2 Å². The Morgan fingerprint density at radius 1 is 1.23 bits per heavy atom. The molecule has 0 saturated carbocycles. The minimum absolute atomic E-state index is 0.201. The van der Waals surface area contributed by atoms with E-state index in [0.29, 0.717) is 29.0 Å². The van der Waals surface area contributed by atoms with Gasteiger partial charge in [-0.3, -0.25) is 4.90 Å². The molecule has 0 amide bonds. The van der Waals surface area contributed by atoms with Crippen molar-refractivity contribution in [2.45, 2.75) is 51.6 Å². The normalized spacial score (nSPS) is 24.3. The first-order valence-electron chi connectivity index (χ1n) is 9.41. The summed E-state index contributed by atoms with van der Waals surface area (Å²) in [5.74, 6) is 4.27. The number of sulfone groups is 1. The van der Waals surface area contributed by atoms with Crippen LogP contribution < -0.4 is 0 Å². The van der Waals surface area contributed by atoms with Crippen molar-refractivity contribution in [2.75, 3.05) is 24.6 Å². The minimum Gasteiger partial charge on any atom is -0.458 e. The average molecular weight is 378 g/mol. The van der Waals surface area contributed by atoms with Crippen LogP contribution in [0.25, 0.3) is 11.6 Å². The van der Waals surface area contributed by atoms with Gasteiger partial charge in [0.2, 0.25) is 5.82 Å². The molecule has 0 aromatic carbocycles. The van der Waals surface area contributed by atoms with Crippen LogP contribution in [0.1, 0.15) is 43.7 Å². The molecular formula is C18H26N4O3S. The summed E-state index contributed by atoms with van der Waals surface area (Å²) in [5.41, 5.74) is 0. The second-order valence-electron chi connectivity index (χ2n) is 7.39. The van der Waals surface area contributed by atoms with E-state index in [1.807, 2.05) is 23.7 Å². The third-order valence-electron chi connectivity index (χ3n) is 5.58. The Morgan fingerprint density at radius 2 is 2.00 bits per heavy atom. The van der Waals surface area contributed by atoms with Gasteiger partial charge in [0.15, 0.2) is 15.6 Å². The number of piperidine rings is 1. The molecule has 1 atom stereocenters. The number of nitrogens with zero attached hydrogens (tertiary/aromatic N) is 4. The van der Waals surface area contributed by atoms with E-state index in [1.54, 1.807) is 0 Å². The van der Waals surface area contributed by atoms with E-state index in [2.05, 4.69) is 16.9 Å². The molecule has 142 valence electrons. The van der Waals surface area contributed by atoms with Gasteiger partial charge in [-0.25, -0.2) is 18.1 Å². The Kier molecular flexibility index (Phi) is 4.64. The molecule has 2 fully saturated rings. The molecule has 0 N–H and O–H groups in total. The third-order valence-corrected chi connectivity index (χ3v) is 7.33. The van der Waals surface area contributed by atoms with Crippen molar-refractivity contribution in [3.63, 3.8) is 0 Å². The molecule has 0 bridgehead atoms. The van der Waals surface area contributed by atoms with Crippen molar-refractivity contribution in [3.8, 4) is 11.6 Å². The van der Waals surface area contributed by atoms with Crippen LogP contribution in [0.2, 0.25) is 0 Å². The van der Waals surface area contributed by atoms with Crippen molar-refractivity contribution in [3.05, 3.63) is 23.7 Å². The monoisotopic (exact) mass is 378 g/mol. The van der Waals surface area contributed by atoms with Crippen molar-refractivity contribution in [1.29, 1.82) is 0 Å². The number of hydrogen-bond acceptors (Lipinski definition) is 6. The van der Waals surface area contributed by atoms with Crippen LogP contribution in [0.5, 0.6) is 0 Å². The predicted molar refractivity (Wildman–Crippen MR) is 98.7 cm³/mol. The zero-order chi connectivity index (χ0) is 18.3. The predicted octanol–water partition coefficient (Wildman–Crippen LogP) is 2.23. The van der Waals surface area contributed by atoms with Crippen LogP contribution in [0.15, 0.2) is 16.5 Å². The Hall–Kier alpha value is -1.67. The van der Waals surface area contributed by atoms with Gasteiger partial charge in [0, 0.05) is 18.5 Å². The number of furan rings is 1. The van der Waals surface area contributed by atoms with Gasteiger partial charge in [0.05, 0.1) is 11.5 Å². The minimum atomic E-state index is -2.83. The summed E-state index contributed by atoms with van der Waals surface area (Å²) in [4.78, 5) is 7.13. The van der Waals surface area contributed by atoms with Crippen molar-refractivity contribution in [2.24, 2.45) is 0 Å². The SMILES string of the molecule is CCn1nc(-c2ccc(C)o2)nc1C1CCN([C@@H]2CCS(=O)(=O)C2)CC1. The number of rotatable bonds is 4. The molecule has 0 spiro atoms. The highest BCUT2D eigenvalue weighted by molar-refractivity contribution is 7.91. The Bertz CT molecular complexity index is 878. The zero-order valence-electron chi connectivity index (χ0n) is 15.4. The van der Waals surface area contributed by atoms with E-state index < -0.39 is 9.84 Å². The van der Waals surface area contributed by atoms with Crippen molar-refractivity contribution < 1.29 is 12.8 Å². The van der Waals surface area contributed by atoms with Gasteiger partial charge >= 0.3 is 0 Å². The average Bonchev–Trinajstić information content (AvgIpc) is 3.32. The highest BCUT2D eigenvalue weighted by Crippen LogP contribution is 2.31. The van der Waals surface area contributed by atoms with Crippen LogP contribution in [-0.2, 0) is 16.4 Å². The van der Waals surface area contributed by atoms with Gasteiger partial charge in [0.25, 0.3) is 0 Å². The molecule has 0 radical (unpaired) electrons. The fraction of sp³-hybridized carbons (Fsp3) is 0.667. The summed E-state index contributed by atoms with van der Waals surface area (Å²) in [5, 5.41) is 4.62. The maximum absolute atomic E-state index is 11.7. The van der Waals surface area contributed by atoms with Crippen LogP contribution in [0.4, 0.5) is 0 Å². The van der Waals surface area contributed by atoms with E-state index in [1.165, 1.54) is 0 Å². The quantitative estimate of drug-likeness (QED) is 0.812. The molecule has 2 aliphatic rings. The molecule has 8 heteroatoms. The molecule has 2 aliphatic heterocycles. The van der Waals surface area contributed by atoms with Crippen LogP contribution in [0, 0.1) is 6.92 Å². The number of hydrogen-bond donors (Lipinski definition) is 0. The van der Waals surface area contributed by atoms with Crippen molar-refractivity contribution in [1.82, 2.24) is 19.7 Å². The molecule has 26 heavy (non-hydrogen) atoms. The van der Waals surface area contributed by atoms with Gasteiger partial charge in [0.1, 0.15) is 11.6 Å². The summed E-state index contributed by atoms with van der Waals surface area (Å²) in [7, 11) is -2.83. The molecule has 4 rings (SSSR count). The first-order valence-corrected chi connectivity index (χ1v) is 11.2. The lowest BCUT2D eigenvalue weighted by Gasteiger charge is -2.35. The first kappa shape index (κ1) is 17.7. The molecule has 2 aromatic rings. The summed E-state index contributed by atoms with van der Waals surface area (Å²) < 4.78 is 31.1. The fourth-order valence-electron chi connectivity index (χ4n) is 4.13. The van der Waals surface area contributed by atoms with E-state index in [4.69, 9.17) is 9.40 Å². The van der Waals surface area contributed by atoms with Crippen LogP contribution >= 0.6 is 0 Å². The summed E-state index contributed by atoms with van der Waals surface area (Å²) in [6.07, 6.45) is 2.76. The largest absolute Gasteiger partial charge is 0.458 e. The number of aromatic nitrogens is 3. The molecule has 2 aromatic heterocycles. The summed E-state index contributed by atoms with van der Waals surface area (Å²) in [6.45, 7) is 6.63. The van der Waals surface area contributed by atoms with Crippen LogP contribution in [-0.4, -0.2) is 58.7 Å². The summed E-state index contributed by atoms with van der Waals surface area (Å²) in [6, 6.07) is 4.04. The Labute approximate surface area is 154 Å². The fourth-order valence-corrected chi connectivity index (χ4v) is 5.90. The highest BCUT2D eigenvalue weighted by atomic mass is 32.2. The van der Waals surface area contributed by atoms with Gasteiger partial charge in [-0.15, -0.1) is 5.10 Å². The smallest absolute Gasteiger partial charge is 0.217 e. The number of aryl methyl sites for hydroxylation is 2. The van der Waals surface area contributed by atoms with E-state index in [0.717, 1.165) is 50.5 Å². The van der Waals surface area contributed by atoms with E-state index >= 15 is 0 Å². The lowest BCUT2D eigenvalue weighted by atomic mass is 9.94. The molecule has 7 nitrogen and oxygen atoms in total.